The largest absolute Gasteiger partial charge is 0.394 e. The minimum absolute atomic E-state index is 0.122. The molecule has 1 aliphatic rings. The Hall–Kier alpha value is -0.120. The summed E-state index contributed by atoms with van der Waals surface area (Å²) in [6.07, 6.45) is 6.66. The van der Waals surface area contributed by atoms with Crippen LogP contribution in [0.3, 0.4) is 0 Å². The van der Waals surface area contributed by atoms with Crippen LogP contribution in [0.15, 0.2) is 0 Å². The van der Waals surface area contributed by atoms with E-state index in [9.17, 15) is 0 Å². The van der Waals surface area contributed by atoms with Crippen molar-refractivity contribution in [3.8, 4) is 0 Å². The topological polar surface area (TPSA) is 41.5 Å². The number of hydrogen-bond acceptors (Lipinski definition) is 3. The maximum atomic E-state index is 8.61. The highest BCUT2D eigenvalue weighted by atomic mass is 16.5. The zero-order chi connectivity index (χ0) is 13.4. The van der Waals surface area contributed by atoms with Gasteiger partial charge in [0.25, 0.3) is 0 Å². The van der Waals surface area contributed by atoms with Gasteiger partial charge in [0.2, 0.25) is 0 Å². The summed E-state index contributed by atoms with van der Waals surface area (Å²) in [7, 11) is 0. The zero-order valence-electron chi connectivity index (χ0n) is 12.4. The lowest BCUT2D eigenvalue weighted by atomic mass is 9.76. The van der Waals surface area contributed by atoms with E-state index in [2.05, 4.69) is 26.1 Å². The molecule has 0 aromatic carbocycles. The molecular formula is C15H31NO2. The highest BCUT2D eigenvalue weighted by molar-refractivity contribution is 4.81. The van der Waals surface area contributed by atoms with Crippen LogP contribution in [0.1, 0.15) is 52.9 Å². The van der Waals surface area contributed by atoms with Crippen molar-refractivity contribution in [2.45, 2.75) is 58.9 Å². The van der Waals surface area contributed by atoms with Gasteiger partial charge in [0, 0.05) is 12.6 Å². The second-order valence-electron chi connectivity index (χ2n) is 6.56. The number of aliphatic hydroxyl groups excluding tert-OH is 1. The maximum absolute atomic E-state index is 8.61. The second kappa shape index (κ2) is 8.13. The highest BCUT2D eigenvalue weighted by Gasteiger charge is 2.27. The average molecular weight is 257 g/mol. The van der Waals surface area contributed by atoms with Crippen molar-refractivity contribution in [1.82, 2.24) is 5.32 Å². The fraction of sp³-hybridized carbons (Fsp3) is 1.00. The van der Waals surface area contributed by atoms with Crippen LogP contribution < -0.4 is 5.32 Å². The van der Waals surface area contributed by atoms with Crippen LogP contribution >= 0.6 is 0 Å². The van der Waals surface area contributed by atoms with Crippen LogP contribution in [0.5, 0.6) is 0 Å². The van der Waals surface area contributed by atoms with E-state index in [0.717, 1.165) is 12.5 Å². The quantitative estimate of drug-likeness (QED) is 0.567. The van der Waals surface area contributed by atoms with E-state index in [-0.39, 0.29) is 6.61 Å². The molecule has 3 heteroatoms. The van der Waals surface area contributed by atoms with Gasteiger partial charge in [0.05, 0.1) is 19.8 Å². The predicted octanol–water partition coefficient (Wildman–Crippen LogP) is 2.58. The summed E-state index contributed by atoms with van der Waals surface area (Å²) in [5.41, 5.74) is 0.457. The number of ether oxygens (including phenoxy) is 1. The molecule has 0 spiro atoms. The monoisotopic (exact) mass is 257 g/mol. The van der Waals surface area contributed by atoms with Crippen molar-refractivity contribution in [3.63, 3.8) is 0 Å². The van der Waals surface area contributed by atoms with Gasteiger partial charge in [0.1, 0.15) is 0 Å². The molecule has 1 rings (SSSR count). The molecule has 0 aromatic heterocycles. The molecule has 0 saturated heterocycles. The van der Waals surface area contributed by atoms with Gasteiger partial charge in [-0.15, -0.1) is 0 Å². The van der Waals surface area contributed by atoms with E-state index < -0.39 is 0 Å². The van der Waals surface area contributed by atoms with Gasteiger partial charge in [-0.3, -0.25) is 0 Å². The van der Waals surface area contributed by atoms with Crippen LogP contribution in [-0.4, -0.2) is 37.5 Å². The summed E-state index contributed by atoms with van der Waals surface area (Å²) in [4.78, 5) is 0. The molecule has 0 aliphatic heterocycles. The van der Waals surface area contributed by atoms with Crippen LogP contribution in [-0.2, 0) is 4.74 Å². The van der Waals surface area contributed by atoms with Gasteiger partial charge >= 0.3 is 0 Å². The molecule has 0 bridgehead atoms. The number of aliphatic hydroxyl groups is 1. The summed E-state index contributed by atoms with van der Waals surface area (Å²) in [5, 5.41) is 12.2. The van der Waals surface area contributed by atoms with Crippen molar-refractivity contribution in [3.05, 3.63) is 0 Å². The van der Waals surface area contributed by atoms with E-state index in [4.69, 9.17) is 9.84 Å². The highest BCUT2D eigenvalue weighted by Crippen LogP contribution is 2.36. The first-order valence-corrected chi connectivity index (χ1v) is 7.46. The third-order valence-corrected chi connectivity index (χ3v) is 4.11. The first-order chi connectivity index (χ1) is 8.54. The third kappa shape index (κ3) is 6.17. The summed E-state index contributed by atoms with van der Waals surface area (Å²) in [5.74, 6) is 0.870. The number of nitrogens with one attached hydrogen (secondary N) is 1. The lowest BCUT2D eigenvalue weighted by molar-refractivity contribution is 0.0922. The Kier molecular flexibility index (Phi) is 7.20. The second-order valence-corrected chi connectivity index (χ2v) is 6.56. The summed E-state index contributed by atoms with van der Waals surface area (Å²) >= 11 is 0. The molecular weight excluding hydrogens is 226 g/mol. The number of rotatable bonds is 6. The minimum Gasteiger partial charge on any atom is -0.394 e. The molecule has 18 heavy (non-hydrogen) atoms. The van der Waals surface area contributed by atoms with E-state index in [1.807, 2.05) is 0 Å². The SMILES string of the molecule is CC(C)(C)C1CCCC(NCCOCCO)CC1. The molecule has 1 saturated carbocycles. The first-order valence-electron chi connectivity index (χ1n) is 7.46. The predicted molar refractivity (Wildman–Crippen MR) is 75.7 cm³/mol. The molecule has 1 fully saturated rings. The van der Waals surface area contributed by atoms with E-state index in [0.29, 0.717) is 24.7 Å². The molecule has 2 atom stereocenters. The standard InChI is InChI=1S/C15H31NO2/c1-15(2,3)13-5-4-6-14(8-7-13)16-9-11-18-12-10-17/h13-14,16-17H,4-12H2,1-3H3. The molecule has 0 radical (unpaired) electrons. The minimum atomic E-state index is 0.122. The van der Waals surface area contributed by atoms with Crippen LogP contribution in [0.2, 0.25) is 0 Å². The van der Waals surface area contributed by atoms with Crippen molar-refractivity contribution in [2.24, 2.45) is 11.3 Å². The molecule has 0 amide bonds. The Morgan fingerprint density at radius 2 is 1.89 bits per heavy atom. The maximum Gasteiger partial charge on any atom is 0.0698 e. The number of hydrogen-bond donors (Lipinski definition) is 2. The molecule has 108 valence electrons. The summed E-state index contributed by atoms with van der Waals surface area (Å²) in [6.45, 7) is 9.30. The third-order valence-electron chi connectivity index (χ3n) is 4.11. The smallest absolute Gasteiger partial charge is 0.0698 e. The Bertz CT molecular complexity index is 213. The van der Waals surface area contributed by atoms with Gasteiger partial charge in [-0.05, 0) is 37.0 Å². The van der Waals surface area contributed by atoms with Gasteiger partial charge < -0.3 is 15.2 Å². The van der Waals surface area contributed by atoms with Crippen LogP contribution in [0, 0.1) is 11.3 Å². The molecule has 0 heterocycles. The lowest BCUT2D eigenvalue weighted by Gasteiger charge is -2.29. The van der Waals surface area contributed by atoms with Crippen molar-refractivity contribution >= 4 is 0 Å². The fourth-order valence-corrected chi connectivity index (χ4v) is 2.87. The zero-order valence-corrected chi connectivity index (χ0v) is 12.4. The Balaban J connectivity index is 2.17. The lowest BCUT2D eigenvalue weighted by Crippen LogP contribution is -2.32. The molecule has 2 N–H and O–H groups in total. The van der Waals surface area contributed by atoms with Gasteiger partial charge in [-0.25, -0.2) is 0 Å². The first kappa shape index (κ1) is 15.9. The van der Waals surface area contributed by atoms with Gasteiger partial charge in [-0.2, -0.15) is 0 Å². The average Bonchev–Trinajstić information content (AvgIpc) is 2.53. The van der Waals surface area contributed by atoms with Gasteiger partial charge in [-0.1, -0.05) is 27.2 Å². The van der Waals surface area contributed by atoms with E-state index >= 15 is 0 Å². The summed E-state index contributed by atoms with van der Waals surface area (Å²) < 4.78 is 5.27. The van der Waals surface area contributed by atoms with Crippen LogP contribution in [0.25, 0.3) is 0 Å². The van der Waals surface area contributed by atoms with Crippen LogP contribution in [0.4, 0.5) is 0 Å². The normalized spacial score (nSPS) is 26.0. The molecule has 3 nitrogen and oxygen atoms in total. The summed E-state index contributed by atoms with van der Waals surface area (Å²) in [6, 6.07) is 0.662. The Labute approximate surface area is 112 Å². The Morgan fingerprint density at radius 1 is 1.11 bits per heavy atom. The van der Waals surface area contributed by atoms with Gasteiger partial charge in [0.15, 0.2) is 0 Å². The molecule has 2 unspecified atom stereocenters. The Morgan fingerprint density at radius 3 is 2.56 bits per heavy atom. The van der Waals surface area contributed by atoms with Crippen molar-refractivity contribution in [1.29, 1.82) is 0 Å². The van der Waals surface area contributed by atoms with Crippen molar-refractivity contribution < 1.29 is 9.84 Å². The molecule has 1 aliphatic carbocycles. The van der Waals surface area contributed by atoms with Crippen molar-refractivity contribution in [2.75, 3.05) is 26.4 Å². The van der Waals surface area contributed by atoms with E-state index in [1.54, 1.807) is 0 Å². The fourth-order valence-electron chi connectivity index (χ4n) is 2.87. The van der Waals surface area contributed by atoms with E-state index in [1.165, 1.54) is 32.1 Å². The molecule has 0 aromatic rings.